The Morgan fingerprint density at radius 1 is 1.41 bits per heavy atom. The van der Waals surface area contributed by atoms with Gasteiger partial charge in [-0.2, -0.15) is 5.26 Å². The Bertz CT molecular complexity index is 852. The number of rotatable bonds is 3. The summed E-state index contributed by atoms with van der Waals surface area (Å²) in [5.74, 6) is 0.712. The highest BCUT2D eigenvalue weighted by atomic mass is 16.2. The van der Waals surface area contributed by atoms with Crippen LogP contribution in [0, 0.1) is 16.7 Å². The van der Waals surface area contributed by atoms with Crippen molar-refractivity contribution in [2.45, 2.75) is 51.1 Å². The maximum Gasteiger partial charge on any atom is 0.255 e. The average Bonchev–Trinajstić information content (AvgIpc) is 3.16. The first-order valence-electron chi connectivity index (χ1n) is 9.50. The van der Waals surface area contributed by atoms with Gasteiger partial charge in [-0.3, -0.25) is 9.59 Å². The Morgan fingerprint density at radius 3 is 2.81 bits per heavy atom. The SMILES string of the molecule is CN(C(=O)C1(C#N)CC1)C1CCN(C(=O)c2cnc3c(c2)CC(C)(C)N3)C1. The molecule has 1 atom stereocenters. The normalized spacial score (nSPS) is 23.9. The first-order chi connectivity index (χ1) is 12.7. The molecule has 1 N–H and O–H groups in total. The summed E-state index contributed by atoms with van der Waals surface area (Å²) in [4.78, 5) is 33.4. The Morgan fingerprint density at radius 2 is 2.15 bits per heavy atom. The molecule has 0 radical (unpaired) electrons. The van der Waals surface area contributed by atoms with Gasteiger partial charge in [0.1, 0.15) is 11.2 Å². The van der Waals surface area contributed by atoms with Crippen LogP contribution in [0.4, 0.5) is 5.82 Å². The molecule has 3 heterocycles. The molecule has 142 valence electrons. The van der Waals surface area contributed by atoms with Gasteiger partial charge in [-0.05, 0) is 51.2 Å². The van der Waals surface area contributed by atoms with E-state index in [4.69, 9.17) is 0 Å². The summed E-state index contributed by atoms with van der Waals surface area (Å²) in [6, 6.07) is 4.06. The van der Waals surface area contributed by atoms with Crippen molar-refractivity contribution in [3.05, 3.63) is 23.4 Å². The molecular formula is C20H25N5O2. The van der Waals surface area contributed by atoms with Gasteiger partial charge in [0.25, 0.3) is 5.91 Å². The highest BCUT2D eigenvalue weighted by Crippen LogP contribution is 2.46. The van der Waals surface area contributed by atoms with Crippen LogP contribution in [0.1, 0.15) is 49.0 Å². The predicted molar refractivity (Wildman–Crippen MR) is 100 cm³/mol. The molecule has 7 nitrogen and oxygen atoms in total. The average molecular weight is 367 g/mol. The minimum absolute atomic E-state index is 0.0322. The number of fused-ring (bicyclic) bond motifs is 1. The van der Waals surface area contributed by atoms with E-state index in [1.807, 2.05) is 6.07 Å². The Hall–Kier alpha value is -2.62. The zero-order valence-corrected chi connectivity index (χ0v) is 16.1. The summed E-state index contributed by atoms with van der Waals surface area (Å²) < 4.78 is 0. The minimum Gasteiger partial charge on any atom is -0.365 e. The molecular weight excluding hydrogens is 342 g/mol. The van der Waals surface area contributed by atoms with Crippen molar-refractivity contribution in [2.24, 2.45) is 5.41 Å². The first-order valence-corrected chi connectivity index (χ1v) is 9.50. The molecule has 0 bridgehead atoms. The number of hydrogen-bond donors (Lipinski definition) is 1. The van der Waals surface area contributed by atoms with E-state index in [2.05, 4.69) is 30.2 Å². The molecule has 1 aliphatic carbocycles. The summed E-state index contributed by atoms with van der Waals surface area (Å²) in [6.07, 6.45) is 4.50. The number of carbonyl (C=O) groups excluding carboxylic acids is 2. The van der Waals surface area contributed by atoms with Crippen molar-refractivity contribution in [1.29, 1.82) is 5.26 Å². The van der Waals surface area contributed by atoms with Gasteiger partial charge >= 0.3 is 0 Å². The number of pyridine rings is 1. The number of amides is 2. The lowest BCUT2D eigenvalue weighted by molar-refractivity contribution is -0.135. The van der Waals surface area contributed by atoms with Crippen LogP contribution in [0.25, 0.3) is 0 Å². The second-order valence-electron chi connectivity index (χ2n) is 8.72. The van der Waals surface area contributed by atoms with E-state index in [0.29, 0.717) is 31.5 Å². The van der Waals surface area contributed by atoms with E-state index in [1.165, 1.54) is 0 Å². The van der Waals surface area contributed by atoms with Crippen molar-refractivity contribution < 1.29 is 9.59 Å². The van der Waals surface area contributed by atoms with Crippen LogP contribution in [0.15, 0.2) is 12.3 Å². The molecule has 0 spiro atoms. The number of hydrogen-bond acceptors (Lipinski definition) is 5. The van der Waals surface area contributed by atoms with Gasteiger partial charge in [-0.1, -0.05) is 0 Å². The Kier molecular flexibility index (Phi) is 3.91. The second-order valence-corrected chi connectivity index (χ2v) is 8.72. The smallest absolute Gasteiger partial charge is 0.255 e. The van der Waals surface area contributed by atoms with Gasteiger partial charge in [0.2, 0.25) is 5.91 Å². The van der Waals surface area contributed by atoms with Crippen molar-refractivity contribution in [1.82, 2.24) is 14.8 Å². The molecule has 1 saturated carbocycles. The Labute approximate surface area is 159 Å². The maximum atomic E-state index is 12.9. The third kappa shape index (κ3) is 3.03. The van der Waals surface area contributed by atoms with E-state index in [-0.39, 0.29) is 23.4 Å². The maximum absolute atomic E-state index is 12.9. The summed E-state index contributed by atoms with van der Waals surface area (Å²) in [5.41, 5.74) is 0.811. The van der Waals surface area contributed by atoms with E-state index >= 15 is 0 Å². The molecule has 1 unspecified atom stereocenters. The van der Waals surface area contributed by atoms with Gasteiger partial charge in [0, 0.05) is 31.9 Å². The molecule has 2 amide bonds. The molecule has 2 fully saturated rings. The van der Waals surface area contributed by atoms with Gasteiger partial charge in [-0.25, -0.2) is 4.98 Å². The summed E-state index contributed by atoms with van der Waals surface area (Å²) in [6.45, 7) is 5.34. The fourth-order valence-electron chi connectivity index (χ4n) is 4.14. The molecule has 0 aromatic carbocycles. The monoisotopic (exact) mass is 367 g/mol. The van der Waals surface area contributed by atoms with Crippen LogP contribution in [0.2, 0.25) is 0 Å². The molecule has 27 heavy (non-hydrogen) atoms. The topological polar surface area (TPSA) is 89.3 Å². The third-order valence-corrected chi connectivity index (χ3v) is 5.99. The highest BCUT2D eigenvalue weighted by Gasteiger charge is 2.53. The summed E-state index contributed by atoms with van der Waals surface area (Å²) >= 11 is 0. The number of nitrogens with one attached hydrogen (secondary N) is 1. The van der Waals surface area contributed by atoms with E-state index in [1.54, 1.807) is 23.0 Å². The summed E-state index contributed by atoms with van der Waals surface area (Å²) in [7, 11) is 1.75. The number of carbonyl (C=O) groups is 2. The van der Waals surface area contributed by atoms with Crippen molar-refractivity contribution in [3.63, 3.8) is 0 Å². The lowest BCUT2D eigenvalue weighted by Crippen LogP contribution is -2.43. The van der Waals surface area contributed by atoms with Crippen LogP contribution in [0.3, 0.4) is 0 Å². The lowest BCUT2D eigenvalue weighted by Gasteiger charge is -2.26. The predicted octanol–water partition coefficient (Wildman–Crippen LogP) is 1.80. The van der Waals surface area contributed by atoms with Crippen LogP contribution in [-0.4, -0.2) is 58.3 Å². The number of anilines is 1. The van der Waals surface area contributed by atoms with Crippen LogP contribution < -0.4 is 5.32 Å². The van der Waals surface area contributed by atoms with E-state index < -0.39 is 5.41 Å². The molecule has 4 rings (SSSR count). The van der Waals surface area contributed by atoms with Gasteiger partial charge < -0.3 is 15.1 Å². The molecule has 1 aromatic heterocycles. The third-order valence-electron chi connectivity index (χ3n) is 5.99. The van der Waals surface area contributed by atoms with Crippen LogP contribution >= 0.6 is 0 Å². The fraction of sp³-hybridized carbons (Fsp3) is 0.600. The molecule has 2 aliphatic heterocycles. The largest absolute Gasteiger partial charge is 0.365 e. The van der Waals surface area contributed by atoms with Crippen molar-refractivity contribution >= 4 is 17.6 Å². The van der Waals surface area contributed by atoms with Crippen molar-refractivity contribution in [2.75, 3.05) is 25.5 Å². The molecule has 1 aromatic rings. The second kappa shape index (κ2) is 5.95. The first kappa shape index (κ1) is 17.8. The van der Waals surface area contributed by atoms with Gasteiger partial charge in [-0.15, -0.1) is 0 Å². The van der Waals surface area contributed by atoms with Crippen LogP contribution in [0.5, 0.6) is 0 Å². The number of nitrogens with zero attached hydrogens (tertiary/aromatic N) is 4. The van der Waals surface area contributed by atoms with Crippen molar-refractivity contribution in [3.8, 4) is 6.07 Å². The zero-order chi connectivity index (χ0) is 19.4. The quantitative estimate of drug-likeness (QED) is 0.880. The number of aromatic nitrogens is 1. The van der Waals surface area contributed by atoms with E-state index in [0.717, 1.165) is 24.2 Å². The fourth-order valence-corrected chi connectivity index (χ4v) is 4.14. The summed E-state index contributed by atoms with van der Waals surface area (Å²) in [5, 5.41) is 12.6. The number of likely N-dealkylation sites (tertiary alicyclic amines) is 1. The van der Waals surface area contributed by atoms with Gasteiger partial charge in [0.05, 0.1) is 17.7 Å². The van der Waals surface area contributed by atoms with E-state index in [9.17, 15) is 14.9 Å². The number of nitriles is 1. The molecule has 7 heteroatoms. The van der Waals surface area contributed by atoms with Gasteiger partial charge in [0.15, 0.2) is 0 Å². The van der Waals surface area contributed by atoms with Crippen LogP contribution in [-0.2, 0) is 11.2 Å². The highest BCUT2D eigenvalue weighted by molar-refractivity contribution is 5.95. The standard InChI is InChI=1S/C20H25N5O2/c1-19(2)9-13-8-14(10-22-16(13)23-19)17(26)25-7-4-15(11-25)24(3)18(27)20(12-21)5-6-20/h8,10,15H,4-7,9,11H2,1-3H3,(H,22,23). The lowest BCUT2D eigenvalue weighted by atomic mass is 10.00. The Balaban J connectivity index is 1.43. The minimum atomic E-state index is -0.810. The number of likely N-dealkylation sites (N-methyl/N-ethyl adjacent to an activating group) is 1. The zero-order valence-electron chi connectivity index (χ0n) is 16.1. The molecule has 1 saturated heterocycles. The molecule has 3 aliphatic rings.